The number of likely N-dealkylation sites (N-methyl/N-ethyl adjacent to an activating group) is 1. The van der Waals surface area contributed by atoms with Crippen LogP contribution in [0.4, 0.5) is 0 Å². The number of amides is 1. The smallest absolute Gasteiger partial charge is 0.248 e. The SMILES string of the molecule is CNC(=O)C(CN1CCC(NC[C@H](O)c2ccc(O)c3[nH]c(=O)ccc23)CC1)(c1ccccc1)c1ccccc1. The number of pyridine rings is 1. The monoisotopic (exact) mass is 540 g/mol. The van der Waals surface area contributed by atoms with Crippen LogP contribution >= 0.6 is 0 Å². The molecule has 2 heterocycles. The highest BCUT2D eigenvalue weighted by Gasteiger charge is 2.43. The van der Waals surface area contributed by atoms with Gasteiger partial charge in [-0.05, 0) is 54.8 Å². The van der Waals surface area contributed by atoms with E-state index in [1.54, 1.807) is 19.2 Å². The number of likely N-dealkylation sites (tertiary alicyclic amines) is 1. The molecule has 0 bridgehead atoms. The number of aliphatic hydroxyl groups excluding tert-OH is 1. The Morgan fingerprint density at radius 1 is 0.975 bits per heavy atom. The number of H-pyrrole nitrogens is 1. The van der Waals surface area contributed by atoms with Crippen molar-refractivity contribution < 1.29 is 15.0 Å². The molecule has 1 aliphatic heterocycles. The van der Waals surface area contributed by atoms with E-state index in [1.165, 1.54) is 12.1 Å². The van der Waals surface area contributed by atoms with E-state index in [9.17, 15) is 19.8 Å². The molecule has 40 heavy (non-hydrogen) atoms. The quantitative estimate of drug-likeness (QED) is 0.223. The van der Waals surface area contributed by atoms with E-state index in [0.29, 0.717) is 29.6 Å². The average Bonchev–Trinajstić information content (AvgIpc) is 3.00. The molecular formula is C32H36N4O4. The van der Waals surface area contributed by atoms with E-state index in [1.807, 2.05) is 60.7 Å². The van der Waals surface area contributed by atoms with Crippen LogP contribution in [-0.2, 0) is 10.2 Å². The summed E-state index contributed by atoms with van der Waals surface area (Å²) < 4.78 is 0. The van der Waals surface area contributed by atoms with E-state index < -0.39 is 11.5 Å². The third-order valence-electron chi connectivity index (χ3n) is 8.06. The number of hydrogen-bond donors (Lipinski definition) is 5. The van der Waals surface area contributed by atoms with Crippen LogP contribution in [0.25, 0.3) is 10.9 Å². The molecule has 0 radical (unpaired) electrons. The second-order valence-corrected chi connectivity index (χ2v) is 10.5. The van der Waals surface area contributed by atoms with Gasteiger partial charge in [0.05, 0.1) is 11.6 Å². The minimum Gasteiger partial charge on any atom is -0.506 e. The van der Waals surface area contributed by atoms with Crippen LogP contribution in [-0.4, -0.2) is 65.3 Å². The van der Waals surface area contributed by atoms with Crippen LogP contribution in [0.5, 0.6) is 5.75 Å². The molecule has 8 heteroatoms. The van der Waals surface area contributed by atoms with Crippen molar-refractivity contribution in [2.24, 2.45) is 0 Å². The lowest BCUT2D eigenvalue weighted by Gasteiger charge is -2.41. The van der Waals surface area contributed by atoms with Gasteiger partial charge in [0.15, 0.2) is 0 Å². The van der Waals surface area contributed by atoms with Crippen molar-refractivity contribution in [1.29, 1.82) is 0 Å². The fourth-order valence-electron chi connectivity index (χ4n) is 5.91. The number of hydrogen-bond acceptors (Lipinski definition) is 6. The Bertz CT molecular complexity index is 1460. The maximum atomic E-state index is 13.6. The number of benzene rings is 3. The topological polar surface area (TPSA) is 118 Å². The number of aromatic amines is 1. The number of fused-ring (bicyclic) bond motifs is 1. The van der Waals surface area contributed by atoms with Gasteiger partial charge in [-0.1, -0.05) is 66.7 Å². The Kier molecular flexibility index (Phi) is 8.30. The lowest BCUT2D eigenvalue weighted by atomic mass is 9.72. The Hall–Kier alpha value is -3.98. The van der Waals surface area contributed by atoms with Crippen molar-refractivity contribution in [3.63, 3.8) is 0 Å². The molecule has 0 aliphatic carbocycles. The number of aromatic nitrogens is 1. The number of nitrogens with one attached hydrogen (secondary N) is 3. The van der Waals surface area contributed by atoms with Crippen LogP contribution in [0, 0.1) is 0 Å². The summed E-state index contributed by atoms with van der Waals surface area (Å²) in [6, 6.07) is 26.4. The molecule has 208 valence electrons. The number of carbonyl (C=O) groups excluding carboxylic acids is 1. The first-order valence-corrected chi connectivity index (χ1v) is 13.7. The van der Waals surface area contributed by atoms with Crippen molar-refractivity contribution in [2.45, 2.75) is 30.4 Å². The zero-order chi connectivity index (χ0) is 28.1. The summed E-state index contributed by atoms with van der Waals surface area (Å²) in [5.74, 6) is -0.0569. The third kappa shape index (κ3) is 5.51. The molecular weight excluding hydrogens is 504 g/mol. The minimum atomic E-state index is -0.839. The molecule has 3 aromatic carbocycles. The molecule has 5 rings (SSSR count). The highest BCUT2D eigenvalue weighted by atomic mass is 16.3. The number of piperidine rings is 1. The molecule has 1 aromatic heterocycles. The van der Waals surface area contributed by atoms with Crippen LogP contribution in [0.3, 0.4) is 0 Å². The van der Waals surface area contributed by atoms with Gasteiger partial charge in [0.1, 0.15) is 11.2 Å². The van der Waals surface area contributed by atoms with Gasteiger partial charge in [0.2, 0.25) is 11.5 Å². The van der Waals surface area contributed by atoms with Gasteiger partial charge in [-0.3, -0.25) is 9.59 Å². The minimum absolute atomic E-state index is 0.0252. The molecule has 1 amide bonds. The van der Waals surface area contributed by atoms with Crippen molar-refractivity contribution in [3.8, 4) is 5.75 Å². The lowest BCUT2D eigenvalue weighted by molar-refractivity contribution is -0.125. The normalized spacial score (nSPS) is 15.7. The Morgan fingerprint density at radius 2 is 1.60 bits per heavy atom. The van der Waals surface area contributed by atoms with Crippen molar-refractivity contribution in [3.05, 3.63) is 112 Å². The van der Waals surface area contributed by atoms with E-state index in [0.717, 1.165) is 37.1 Å². The summed E-state index contributed by atoms with van der Waals surface area (Å²) in [4.78, 5) is 30.3. The molecule has 1 saturated heterocycles. The Balaban J connectivity index is 1.27. The number of phenols is 1. The summed E-state index contributed by atoms with van der Waals surface area (Å²) in [5.41, 5.74) is 1.76. The summed E-state index contributed by atoms with van der Waals surface area (Å²) >= 11 is 0. The first-order valence-electron chi connectivity index (χ1n) is 13.7. The summed E-state index contributed by atoms with van der Waals surface area (Å²) in [7, 11) is 1.69. The van der Waals surface area contributed by atoms with E-state index in [2.05, 4.69) is 20.5 Å². The van der Waals surface area contributed by atoms with Gasteiger partial charge in [0, 0.05) is 37.6 Å². The van der Waals surface area contributed by atoms with Gasteiger partial charge in [0.25, 0.3) is 0 Å². The van der Waals surface area contributed by atoms with Gasteiger partial charge in [-0.25, -0.2) is 0 Å². The average molecular weight is 541 g/mol. The molecule has 0 unspecified atom stereocenters. The highest BCUT2D eigenvalue weighted by Crippen LogP contribution is 2.35. The van der Waals surface area contributed by atoms with Gasteiger partial charge in [-0.15, -0.1) is 0 Å². The Labute approximate surface area is 233 Å². The molecule has 1 fully saturated rings. The first-order chi connectivity index (χ1) is 19.4. The number of aromatic hydroxyl groups is 1. The number of phenolic OH excluding ortho intramolecular Hbond substituents is 1. The van der Waals surface area contributed by atoms with Crippen molar-refractivity contribution in [2.75, 3.05) is 33.2 Å². The standard InChI is InChI=1S/C32H36N4O4/c1-33-31(40)32(22-8-4-2-5-9-22,23-10-6-3-7-11-23)21-36-18-16-24(17-19-36)34-20-28(38)25-12-14-27(37)30-26(25)13-15-29(39)35-30/h2-15,24,28,34,37-38H,16-21H2,1H3,(H,33,40)(H,35,39)/t28-/m0/s1. The zero-order valence-electron chi connectivity index (χ0n) is 22.6. The summed E-state index contributed by atoms with van der Waals surface area (Å²) in [6.45, 7) is 2.54. The molecule has 0 spiro atoms. The summed E-state index contributed by atoms with van der Waals surface area (Å²) in [5, 5.41) is 28.2. The van der Waals surface area contributed by atoms with Crippen LogP contribution in [0.2, 0.25) is 0 Å². The van der Waals surface area contributed by atoms with Crippen LogP contribution in [0.15, 0.2) is 89.7 Å². The number of nitrogens with zero attached hydrogens (tertiary/aromatic N) is 1. The maximum absolute atomic E-state index is 13.6. The van der Waals surface area contributed by atoms with E-state index >= 15 is 0 Å². The predicted molar refractivity (Wildman–Crippen MR) is 156 cm³/mol. The van der Waals surface area contributed by atoms with Crippen LogP contribution < -0.4 is 16.2 Å². The molecule has 5 N–H and O–H groups in total. The van der Waals surface area contributed by atoms with E-state index in [-0.39, 0.29) is 23.3 Å². The van der Waals surface area contributed by atoms with Gasteiger partial charge >= 0.3 is 0 Å². The maximum Gasteiger partial charge on any atom is 0.248 e. The first kappa shape index (κ1) is 27.6. The fourth-order valence-corrected chi connectivity index (χ4v) is 5.91. The van der Waals surface area contributed by atoms with Gasteiger partial charge in [-0.2, -0.15) is 0 Å². The second kappa shape index (κ2) is 12.0. The zero-order valence-corrected chi connectivity index (χ0v) is 22.6. The Morgan fingerprint density at radius 3 is 2.20 bits per heavy atom. The molecule has 0 saturated carbocycles. The van der Waals surface area contributed by atoms with Crippen LogP contribution in [0.1, 0.15) is 35.6 Å². The number of aliphatic hydroxyl groups is 1. The van der Waals surface area contributed by atoms with E-state index in [4.69, 9.17) is 0 Å². The van der Waals surface area contributed by atoms with Gasteiger partial charge < -0.3 is 30.7 Å². The van der Waals surface area contributed by atoms with Crippen molar-refractivity contribution >= 4 is 16.8 Å². The fraction of sp³-hybridized carbons (Fsp3) is 0.312. The predicted octanol–water partition coefficient (Wildman–Crippen LogP) is 3.05. The molecule has 8 nitrogen and oxygen atoms in total. The van der Waals surface area contributed by atoms with Crippen molar-refractivity contribution in [1.82, 2.24) is 20.5 Å². The molecule has 1 atom stereocenters. The second-order valence-electron chi connectivity index (χ2n) is 10.5. The number of carbonyl (C=O) groups is 1. The third-order valence-corrected chi connectivity index (χ3v) is 8.06. The molecule has 1 aliphatic rings. The number of rotatable bonds is 9. The summed E-state index contributed by atoms with van der Waals surface area (Å²) in [6.07, 6.45) is 0.956. The lowest BCUT2D eigenvalue weighted by Crippen LogP contribution is -2.54. The molecule has 4 aromatic rings. The largest absolute Gasteiger partial charge is 0.506 e. The highest BCUT2D eigenvalue weighted by molar-refractivity contribution is 5.92.